The van der Waals surface area contributed by atoms with E-state index in [1.54, 1.807) is 0 Å². The van der Waals surface area contributed by atoms with Crippen LogP contribution in [-0.2, 0) is 11.0 Å². The van der Waals surface area contributed by atoms with Crippen LogP contribution in [0.15, 0.2) is 18.2 Å². The number of alkyl halides is 3. The van der Waals surface area contributed by atoms with Crippen molar-refractivity contribution in [3.8, 4) is 0 Å². The van der Waals surface area contributed by atoms with E-state index < -0.39 is 23.9 Å². The summed E-state index contributed by atoms with van der Waals surface area (Å²) in [4.78, 5) is 10.7. The summed E-state index contributed by atoms with van der Waals surface area (Å²) >= 11 is 6.35. The molecule has 20 heavy (non-hydrogen) atoms. The third-order valence-corrected chi connectivity index (χ3v) is 3.54. The molecule has 0 aliphatic heterocycles. The quantitative estimate of drug-likeness (QED) is 0.892. The molecule has 0 heterocycles. The van der Waals surface area contributed by atoms with Gasteiger partial charge in [0.15, 0.2) is 5.12 Å². The molecule has 0 saturated carbocycles. The number of hydrogen-bond donors (Lipinski definition) is 2. The highest BCUT2D eigenvalue weighted by atomic mass is 35.5. The largest absolute Gasteiger partial charge is 0.416 e. The molecule has 112 valence electrons. The number of hydrogen-bond acceptors (Lipinski definition) is 4. The van der Waals surface area contributed by atoms with Crippen LogP contribution in [-0.4, -0.2) is 27.2 Å². The van der Waals surface area contributed by atoms with Crippen molar-refractivity contribution in [2.75, 3.05) is 5.75 Å². The Morgan fingerprint density at radius 3 is 2.45 bits per heavy atom. The van der Waals surface area contributed by atoms with Crippen molar-refractivity contribution in [3.63, 3.8) is 0 Å². The Morgan fingerprint density at radius 1 is 1.35 bits per heavy atom. The number of halogens is 4. The van der Waals surface area contributed by atoms with Gasteiger partial charge in [0.05, 0.1) is 11.7 Å². The van der Waals surface area contributed by atoms with Gasteiger partial charge >= 0.3 is 6.18 Å². The van der Waals surface area contributed by atoms with Gasteiger partial charge in [-0.15, -0.1) is 0 Å². The van der Waals surface area contributed by atoms with Crippen molar-refractivity contribution in [1.82, 2.24) is 0 Å². The first kappa shape index (κ1) is 17.3. The summed E-state index contributed by atoms with van der Waals surface area (Å²) in [5.74, 6) is -0.121. The van der Waals surface area contributed by atoms with Crippen molar-refractivity contribution in [3.05, 3.63) is 34.3 Å². The van der Waals surface area contributed by atoms with Crippen LogP contribution in [0.2, 0.25) is 5.02 Å². The number of thioether (sulfide) groups is 1. The Hall–Kier alpha value is -0.760. The predicted octanol–water partition coefficient (Wildman–Crippen LogP) is 3.03. The average Bonchev–Trinajstić information content (AvgIpc) is 2.33. The van der Waals surface area contributed by atoms with Crippen LogP contribution in [0, 0.1) is 0 Å². The first-order chi connectivity index (χ1) is 9.11. The minimum Gasteiger partial charge on any atom is -0.389 e. The highest BCUT2D eigenvalue weighted by Gasteiger charge is 2.32. The third kappa shape index (κ3) is 4.97. The smallest absolute Gasteiger partial charge is 0.389 e. The van der Waals surface area contributed by atoms with Gasteiger partial charge in [0.2, 0.25) is 0 Å². The fourth-order valence-corrected chi connectivity index (χ4v) is 2.29. The molecule has 0 spiro atoms. The Morgan fingerprint density at radius 2 is 1.95 bits per heavy atom. The molecular formula is C12H12ClF3O3S. The zero-order valence-electron chi connectivity index (χ0n) is 10.3. The standard InChI is InChI=1S/C12H12ClF3O3S/c1-6(17)20-5-10(18)11(19)7-2-8(12(14,15)16)4-9(13)3-7/h2-4,10-11,18-19H,5H2,1H3. The van der Waals surface area contributed by atoms with Crippen LogP contribution in [0.4, 0.5) is 13.2 Å². The number of aliphatic hydroxyl groups excluding tert-OH is 2. The zero-order valence-corrected chi connectivity index (χ0v) is 11.9. The van der Waals surface area contributed by atoms with Crippen molar-refractivity contribution in [2.24, 2.45) is 0 Å². The normalized spacial score (nSPS) is 14.9. The van der Waals surface area contributed by atoms with Gasteiger partial charge in [-0.25, -0.2) is 0 Å². The molecule has 0 fully saturated rings. The SMILES string of the molecule is CC(=O)SCC(O)C(O)c1cc(Cl)cc(C(F)(F)F)c1. The monoisotopic (exact) mass is 328 g/mol. The van der Waals surface area contributed by atoms with Crippen molar-refractivity contribution in [2.45, 2.75) is 25.3 Å². The fraction of sp³-hybridized carbons (Fsp3) is 0.417. The van der Waals surface area contributed by atoms with E-state index in [9.17, 15) is 28.2 Å². The van der Waals surface area contributed by atoms with E-state index in [0.29, 0.717) is 0 Å². The average molecular weight is 329 g/mol. The van der Waals surface area contributed by atoms with Crippen molar-refractivity contribution < 1.29 is 28.2 Å². The van der Waals surface area contributed by atoms with Gasteiger partial charge in [-0.3, -0.25) is 4.79 Å². The van der Waals surface area contributed by atoms with Crippen molar-refractivity contribution in [1.29, 1.82) is 0 Å². The number of rotatable bonds is 4. The minimum absolute atomic E-state index is 0.121. The molecule has 2 atom stereocenters. The molecule has 2 N–H and O–H groups in total. The molecule has 0 bridgehead atoms. The lowest BCUT2D eigenvalue weighted by Crippen LogP contribution is -2.22. The molecule has 1 aromatic rings. The predicted molar refractivity (Wildman–Crippen MR) is 70.6 cm³/mol. The van der Waals surface area contributed by atoms with Crippen LogP contribution < -0.4 is 0 Å². The molecule has 2 unspecified atom stereocenters. The number of carbonyl (C=O) groups excluding carboxylic acids is 1. The molecule has 0 saturated heterocycles. The van der Waals surface area contributed by atoms with E-state index in [1.807, 2.05) is 0 Å². The lowest BCUT2D eigenvalue weighted by Gasteiger charge is -2.19. The van der Waals surface area contributed by atoms with E-state index in [0.717, 1.165) is 30.0 Å². The minimum atomic E-state index is -4.60. The molecule has 0 aliphatic rings. The Kier molecular flexibility index (Phi) is 5.88. The summed E-state index contributed by atoms with van der Waals surface area (Å²) in [7, 11) is 0. The second-order valence-corrected chi connectivity index (χ2v) is 5.72. The van der Waals surface area contributed by atoms with E-state index in [-0.39, 0.29) is 21.5 Å². The van der Waals surface area contributed by atoms with E-state index in [1.165, 1.54) is 6.92 Å². The van der Waals surface area contributed by atoms with E-state index >= 15 is 0 Å². The highest BCUT2D eigenvalue weighted by molar-refractivity contribution is 8.13. The maximum Gasteiger partial charge on any atom is 0.416 e. The first-order valence-electron chi connectivity index (χ1n) is 5.48. The van der Waals surface area contributed by atoms with Gasteiger partial charge in [-0.05, 0) is 23.8 Å². The lowest BCUT2D eigenvalue weighted by atomic mass is 10.0. The molecule has 8 heteroatoms. The van der Waals surface area contributed by atoms with Gasteiger partial charge in [0, 0.05) is 17.7 Å². The topological polar surface area (TPSA) is 57.5 Å². The fourth-order valence-electron chi connectivity index (χ4n) is 1.46. The number of aliphatic hydroxyl groups is 2. The first-order valence-corrected chi connectivity index (χ1v) is 6.85. The van der Waals surface area contributed by atoms with Gasteiger partial charge in [-0.1, -0.05) is 23.4 Å². The van der Waals surface area contributed by atoms with Crippen LogP contribution in [0.1, 0.15) is 24.2 Å². The van der Waals surface area contributed by atoms with Crippen LogP contribution in [0.5, 0.6) is 0 Å². The Bertz CT molecular complexity index is 493. The zero-order chi connectivity index (χ0) is 15.5. The number of carbonyl (C=O) groups is 1. The maximum absolute atomic E-state index is 12.6. The summed E-state index contributed by atoms with van der Waals surface area (Å²) in [5.41, 5.74) is -1.16. The summed E-state index contributed by atoms with van der Waals surface area (Å²) in [5, 5.41) is 19.0. The highest BCUT2D eigenvalue weighted by Crippen LogP contribution is 2.34. The molecular weight excluding hydrogens is 317 g/mol. The molecule has 3 nitrogen and oxygen atoms in total. The summed E-state index contributed by atoms with van der Waals surface area (Å²) in [6, 6.07) is 2.59. The molecule has 1 aromatic carbocycles. The molecule has 0 aliphatic carbocycles. The third-order valence-electron chi connectivity index (χ3n) is 2.41. The second kappa shape index (κ2) is 6.80. The molecule has 1 rings (SSSR count). The van der Waals surface area contributed by atoms with Gasteiger partial charge in [0.1, 0.15) is 6.10 Å². The van der Waals surface area contributed by atoms with Crippen LogP contribution in [0.25, 0.3) is 0 Å². The summed E-state index contributed by atoms with van der Waals surface area (Å²) in [6.45, 7) is 1.28. The van der Waals surface area contributed by atoms with Gasteiger partial charge < -0.3 is 10.2 Å². The Balaban J connectivity index is 2.95. The second-order valence-electron chi connectivity index (χ2n) is 4.09. The summed E-state index contributed by atoms with van der Waals surface area (Å²) < 4.78 is 37.8. The number of benzene rings is 1. The Labute approximate surface area is 122 Å². The molecule has 0 radical (unpaired) electrons. The molecule has 0 aromatic heterocycles. The lowest BCUT2D eigenvalue weighted by molar-refractivity contribution is -0.137. The van der Waals surface area contributed by atoms with Crippen LogP contribution in [0.3, 0.4) is 0 Å². The molecule has 0 amide bonds. The van der Waals surface area contributed by atoms with Crippen LogP contribution >= 0.6 is 23.4 Å². The van der Waals surface area contributed by atoms with E-state index in [2.05, 4.69) is 0 Å². The van der Waals surface area contributed by atoms with Crippen molar-refractivity contribution >= 4 is 28.5 Å². The maximum atomic E-state index is 12.6. The summed E-state index contributed by atoms with van der Waals surface area (Å²) in [6.07, 6.45) is -7.52. The van der Waals surface area contributed by atoms with E-state index in [4.69, 9.17) is 11.6 Å². The van der Waals surface area contributed by atoms with Gasteiger partial charge in [0.25, 0.3) is 0 Å². The van der Waals surface area contributed by atoms with Gasteiger partial charge in [-0.2, -0.15) is 13.2 Å².